The molecule has 0 aliphatic carbocycles. The van der Waals surface area contributed by atoms with E-state index in [9.17, 15) is 9.90 Å². The van der Waals surface area contributed by atoms with E-state index < -0.39 is 20.8 Å². The Hall–Kier alpha value is -0.963. The predicted octanol–water partition coefficient (Wildman–Crippen LogP) is -1.25. The molecule has 7 nitrogen and oxygen atoms in total. The molecule has 0 spiro atoms. The molecular formula is C12H24N2O5Si. The van der Waals surface area contributed by atoms with Crippen LogP contribution in [0.1, 0.15) is 13.3 Å². The molecule has 0 amide bonds. The van der Waals surface area contributed by atoms with Crippen molar-refractivity contribution in [1.82, 2.24) is 4.90 Å². The molecule has 0 saturated heterocycles. The van der Waals surface area contributed by atoms with Crippen LogP contribution in [0, 0.1) is 0 Å². The Morgan fingerprint density at radius 3 is 2.50 bits per heavy atom. The van der Waals surface area contributed by atoms with E-state index in [1.165, 1.54) is 0 Å². The smallest absolute Gasteiger partial charge is 0.500 e. The highest BCUT2D eigenvalue weighted by Gasteiger charge is 2.37. The van der Waals surface area contributed by atoms with E-state index in [2.05, 4.69) is 4.58 Å². The Kier molecular flexibility index (Phi) is 6.60. The van der Waals surface area contributed by atoms with Gasteiger partial charge in [-0.3, -0.25) is 9.48 Å². The zero-order valence-corrected chi connectivity index (χ0v) is 13.6. The molecule has 0 bridgehead atoms. The van der Waals surface area contributed by atoms with Gasteiger partial charge in [-0.2, -0.15) is 0 Å². The van der Waals surface area contributed by atoms with Gasteiger partial charge >= 0.3 is 8.80 Å². The molecule has 1 aliphatic rings. The summed E-state index contributed by atoms with van der Waals surface area (Å²) in [5, 5.41) is 10.8. The second-order valence-electron chi connectivity index (χ2n) is 4.78. The highest BCUT2D eigenvalue weighted by molar-refractivity contribution is 6.60. The lowest BCUT2D eigenvalue weighted by Crippen LogP contribution is -2.45. The first kappa shape index (κ1) is 17.1. The molecule has 0 fully saturated rings. The average molecular weight is 304 g/mol. The SMILES string of the molecule is CO[Si](CCC[N+]1=CN(C(C)C(=O)[O-])CC1)(OC)OC. The van der Waals surface area contributed by atoms with Crippen molar-refractivity contribution in [2.75, 3.05) is 41.0 Å². The van der Waals surface area contributed by atoms with Gasteiger partial charge in [0.25, 0.3) is 0 Å². The number of aliphatic carboxylic acids is 1. The van der Waals surface area contributed by atoms with Gasteiger partial charge in [0.1, 0.15) is 19.1 Å². The molecule has 0 aromatic heterocycles. The Balaban J connectivity index is 2.43. The quantitative estimate of drug-likeness (QED) is 0.391. The fraction of sp³-hybridized carbons (Fsp3) is 0.833. The van der Waals surface area contributed by atoms with Gasteiger partial charge in [0.05, 0.1) is 12.5 Å². The van der Waals surface area contributed by atoms with E-state index in [1.807, 2.05) is 6.34 Å². The lowest BCUT2D eigenvalue weighted by Gasteiger charge is -2.23. The molecule has 0 N–H and O–H groups in total. The van der Waals surface area contributed by atoms with Crippen molar-refractivity contribution in [3.05, 3.63) is 0 Å². The van der Waals surface area contributed by atoms with Gasteiger partial charge in [-0.15, -0.1) is 0 Å². The number of carbonyl (C=O) groups is 1. The van der Waals surface area contributed by atoms with Gasteiger partial charge in [0.15, 0.2) is 0 Å². The van der Waals surface area contributed by atoms with Gasteiger partial charge in [0, 0.05) is 27.4 Å². The molecule has 116 valence electrons. The monoisotopic (exact) mass is 304 g/mol. The van der Waals surface area contributed by atoms with Crippen LogP contribution in [0.2, 0.25) is 6.04 Å². The van der Waals surface area contributed by atoms with Crippen LogP contribution < -0.4 is 5.11 Å². The van der Waals surface area contributed by atoms with Crippen LogP contribution in [0.5, 0.6) is 0 Å². The van der Waals surface area contributed by atoms with Crippen LogP contribution in [0.3, 0.4) is 0 Å². The average Bonchev–Trinajstić information content (AvgIpc) is 2.92. The summed E-state index contributed by atoms with van der Waals surface area (Å²) in [6.07, 6.45) is 2.72. The zero-order chi connectivity index (χ0) is 15.2. The van der Waals surface area contributed by atoms with Crippen LogP contribution in [-0.2, 0) is 18.1 Å². The Bertz CT molecular complexity index is 351. The number of carboxylic acids is 1. The number of nitrogens with zero attached hydrogens (tertiary/aromatic N) is 2. The van der Waals surface area contributed by atoms with Crippen molar-refractivity contribution in [1.29, 1.82) is 0 Å². The summed E-state index contributed by atoms with van der Waals surface area (Å²) in [5.74, 6) is -1.05. The van der Waals surface area contributed by atoms with Crippen LogP contribution in [-0.4, -0.2) is 77.6 Å². The third-order valence-corrected chi connectivity index (χ3v) is 6.49. The van der Waals surface area contributed by atoms with Gasteiger partial charge in [-0.05, 0) is 13.3 Å². The van der Waals surface area contributed by atoms with E-state index >= 15 is 0 Å². The van der Waals surface area contributed by atoms with Gasteiger partial charge in [-0.25, -0.2) is 0 Å². The summed E-state index contributed by atoms with van der Waals surface area (Å²) in [4.78, 5) is 12.6. The molecular weight excluding hydrogens is 280 g/mol. The van der Waals surface area contributed by atoms with Crippen LogP contribution in [0.4, 0.5) is 0 Å². The number of hydrogen-bond acceptors (Lipinski definition) is 6. The van der Waals surface area contributed by atoms with Gasteiger partial charge in [0.2, 0.25) is 6.34 Å². The molecule has 0 aromatic rings. The van der Waals surface area contributed by atoms with Gasteiger partial charge < -0.3 is 23.2 Å². The number of carbonyl (C=O) groups excluding carboxylic acids is 1. The van der Waals surface area contributed by atoms with E-state index in [1.54, 1.807) is 33.2 Å². The lowest BCUT2D eigenvalue weighted by atomic mass is 10.3. The van der Waals surface area contributed by atoms with Crippen molar-refractivity contribution >= 4 is 21.1 Å². The second kappa shape index (κ2) is 7.72. The summed E-state index contributed by atoms with van der Waals surface area (Å²) in [6, 6.07) is 0.141. The van der Waals surface area contributed by atoms with Crippen molar-refractivity contribution in [2.45, 2.75) is 25.4 Å². The van der Waals surface area contributed by atoms with Crippen molar-refractivity contribution in [3.63, 3.8) is 0 Å². The number of carboxylic acid groups (broad SMARTS) is 1. The van der Waals surface area contributed by atoms with E-state index in [-0.39, 0.29) is 0 Å². The number of hydrogen-bond donors (Lipinski definition) is 0. The predicted molar refractivity (Wildman–Crippen MR) is 73.4 cm³/mol. The van der Waals surface area contributed by atoms with Crippen LogP contribution >= 0.6 is 0 Å². The molecule has 20 heavy (non-hydrogen) atoms. The topological polar surface area (TPSA) is 74.1 Å². The summed E-state index contributed by atoms with van der Waals surface area (Å²) in [7, 11) is 2.30. The molecule has 0 radical (unpaired) electrons. The van der Waals surface area contributed by atoms with E-state index in [4.69, 9.17) is 13.3 Å². The molecule has 0 saturated carbocycles. The molecule has 1 aliphatic heterocycles. The third kappa shape index (κ3) is 4.27. The van der Waals surface area contributed by atoms with E-state index in [0.717, 1.165) is 25.6 Å². The summed E-state index contributed by atoms with van der Waals surface area (Å²) in [6.45, 7) is 3.98. The zero-order valence-electron chi connectivity index (χ0n) is 12.6. The lowest BCUT2D eigenvalue weighted by molar-refractivity contribution is -0.513. The molecule has 8 heteroatoms. The van der Waals surface area contributed by atoms with Crippen molar-refractivity contribution in [3.8, 4) is 0 Å². The summed E-state index contributed by atoms with van der Waals surface area (Å²) in [5.41, 5.74) is 0. The van der Waals surface area contributed by atoms with Gasteiger partial charge in [-0.1, -0.05) is 0 Å². The second-order valence-corrected chi connectivity index (χ2v) is 7.87. The largest absolute Gasteiger partial charge is 0.546 e. The Labute approximate surface area is 121 Å². The van der Waals surface area contributed by atoms with Crippen LogP contribution in [0.25, 0.3) is 0 Å². The molecule has 1 heterocycles. The molecule has 1 atom stereocenters. The standard InChI is InChI=1S/C12H24N2O5Si/c1-11(12(15)16)14-8-7-13(10-14)6-5-9-20(17-2,18-3)19-4/h10-11H,5-9H2,1-4H3. The highest BCUT2D eigenvalue weighted by atomic mass is 28.4. The first-order valence-corrected chi connectivity index (χ1v) is 8.62. The minimum absolute atomic E-state index is 0.592. The summed E-state index contributed by atoms with van der Waals surface area (Å²) < 4.78 is 18.2. The fourth-order valence-electron chi connectivity index (χ4n) is 2.22. The summed E-state index contributed by atoms with van der Waals surface area (Å²) >= 11 is 0. The Morgan fingerprint density at radius 1 is 1.40 bits per heavy atom. The minimum Gasteiger partial charge on any atom is -0.546 e. The Morgan fingerprint density at radius 2 is 2.00 bits per heavy atom. The maximum atomic E-state index is 10.8. The van der Waals surface area contributed by atoms with Crippen LogP contribution in [0.15, 0.2) is 0 Å². The molecule has 1 rings (SSSR count). The highest BCUT2D eigenvalue weighted by Crippen LogP contribution is 2.15. The maximum absolute atomic E-state index is 10.8. The molecule has 1 unspecified atom stereocenters. The first-order valence-electron chi connectivity index (χ1n) is 6.69. The minimum atomic E-state index is -2.50. The maximum Gasteiger partial charge on any atom is 0.500 e. The fourth-order valence-corrected chi connectivity index (χ4v) is 3.93. The van der Waals surface area contributed by atoms with Crippen molar-refractivity contribution in [2.24, 2.45) is 0 Å². The van der Waals surface area contributed by atoms with E-state index in [0.29, 0.717) is 6.54 Å². The van der Waals surface area contributed by atoms with Crippen molar-refractivity contribution < 1.29 is 27.8 Å². The number of rotatable bonds is 9. The molecule has 0 aromatic carbocycles. The normalized spacial score (nSPS) is 17.2. The third-order valence-electron chi connectivity index (χ3n) is 3.66. The first-order chi connectivity index (χ1) is 9.48.